The van der Waals surface area contributed by atoms with Crippen molar-refractivity contribution < 1.29 is 0 Å². The minimum atomic E-state index is 0.0820. The summed E-state index contributed by atoms with van der Waals surface area (Å²) in [6, 6.07) is 12.8. The van der Waals surface area contributed by atoms with Crippen molar-refractivity contribution in [2.75, 3.05) is 13.1 Å². The second-order valence-corrected chi connectivity index (χ2v) is 4.95. The SMILES string of the molecule is CC(C#N)CNCC(c1ccccc1)C(C)C. The maximum absolute atomic E-state index is 8.74. The number of nitrogens with zero attached hydrogens (tertiary/aromatic N) is 1. The monoisotopic (exact) mass is 230 g/mol. The van der Waals surface area contributed by atoms with E-state index in [1.807, 2.05) is 13.0 Å². The molecule has 0 aliphatic heterocycles. The van der Waals surface area contributed by atoms with Gasteiger partial charge in [-0.15, -0.1) is 0 Å². The molecular formula is C15H22N2. The van der Waals surface area contributed by atoms with Gasteiger partial charge in [0.2, 0.25) is 0 Å². The fourth-order valence-electron chi connectivity index (χ4n) is 1.94. The summed E-state index contributed by atoms with van der Waals surface area (Å²) in [5.41, 5.74) is 1.37. The largest absolute Gasteiger partial charge is 0.315 e. The summed E-state index contributed by atoms with van der Waals surface area (Å²) in [6.07, 6.45) is 0. The summed E-state index contributed by atoms with van der Waals surface area (Å²) >= 11 is 0. The average molecular weight is 230 g/mol. The molecule has 2 atom stereocenters. The van der Waals surface area contributed by atoms with Gasteiger partial charge in [0, 0.05) is 13.1 Å². The van der Waals surface area contributed by atoms with Gasteiger partial charge in [-0.1, -0.05) is 44.2 Å². The van der Waals surface area contributed by atoms with Crippen LogP contribution in [0.4, 0.5) is 0 Å². The second-order valence-electron chi connectivity index (χ2n) is 4.95. The first-order chi connectivity index (χ1) is 8.15. The van der Waals surface area contributed by atoms with E-state index in [-0.39, 0.29) is 5.92 Å². The summed E-state index contributed by atoms with van der Waals surface area (Å²) in [6.45, 7) is 8.14. The lowest BCUT2D eigenvalue weighted by atomic mass is 9.88. The van der Waals surface area contributed by atoms with Crippen molar-refractivity contribution in [2.24, 2.45) is 11.8 Å². The molecule has 1 rings (SSSR count). The van der Waals surface area contributed by atoms with Crippen LogP contribution >= 0.6 is 0 Å². The number of nitriles is 1. The number of hydrogen-bond acceptors (Lipinski definition) is 2. The minimum absolute atomic E-state index is 0.0820. The lowest BCUT2D eigenvalue weighted by Crippen LogP contribution is -2.28. The highest BCUT2D eigenvalue weighted by Gasteiger charge is 2.15. The van der Waals surface area contributed by atoms with Gasteiger partial charge in [0.05, 0.1) is 12.0 Å². The first kappa shape index (κ1) is 13.7. The van der Waals surface area contributed by atoms with Gasteiger partial charge in [0.1, 0.15) is 0 Å². The molecule has 0 heterocycles. The van der Waals surface area contributed by atoms with Crippen molar-refractivity contribution in [2.45, 2.75) is 26.7 Å². The van der Waals surface area contributed by atoms with Crippen molar-refractivity contribution >= 4 is 0 Å². The zero-order valence-electron chi connectivity index (χ0n) is 11.0. The highest BCUT2D eigenvalue weighted by Crippen LogP contribution is 2.23. The van der Waals surface area contributed by atoms with Crippen molar-refractivity contribution in [3.63, 3.8) is 0 Å². The minimum Gasteiger partial charge on any atom is -0.315 e. The van der Waals surface area contributed by atoms with Crippen LogP contribution in [-0.2, 0) is 0 Å². The van der Waals surface area contributed by atoms with Crippen molar-refractivity contribution in [1.29, 1.82) is 5.26 Å². The Morgan fingerprint density at radius 1 is 1.12 bits per heavy atom. The summed E-state index contributed by atoms with van der Waals surface area (Å²) < 4.78 is 0. The van der Waals surface area contributed by atoms with E-state index in [1.165, 1.54) is 5.56 Å². The third-order valence-electron chi connectivity index (χ3n) is 3.07. The van der Waals surface area contributed by atoms with Crippen LogP contribution in [0.5, 0.6) is 0 Å². The predicted octanol–water partition coefficient (Wildman–Crippen LogP) is 3.18. The Morgan fingerprint density at radius 2 is 1.76 bits per heavy atom. The molecule has 0 saturated carbocycles. The van der Waals surface area contributed by atoms with Crippen LogP contribution in [0.1, 0.15) is 32.3 Å². The Balaban J connectivity index is 2.54. The van der Waals surface area contributed by atoms with E-state index in [4.69, 9.17) is 5.26 Å². The molecule has 0 saturated heterocycles. The maximum atomic E-state index is 8.74. The molecule has 17 heavy (non-hydrogen) atoms. The standard InChI is InChI=1S/C15H22N2/c1-12(2)15(11-17-10-13(3)9-16)14-7-5-4-6-8-14/h4-8,12-13,15,17H,10-11H2,1-3H3. The highest BCUT2D eigenvalue weighted by molar-refractivity contribution is 5.20. The third kappa shape index (κ3) is 4.58. The van der Waals surface area contributed by atoms with Gasteiger partial charge in [0.25, 0.3) is 0 Å². The van der Waals surface area contributed by atoms with Crippen molar-refractivity contribution in [1.82, 2.24) is 5.32 Å². The van der Waals surface area contributed by atoms with Gasteiger partial charge in [-0.3, -0.25) is 0 Å². The summed E-state index contributed by atoms with van der Waals surface area (Å²) in [5, 5.41) is 12.1. The van der Waals surface area contributed by atoms with Crippen LogP contribution < -0.4 is 5.32 Å². The van der Waals surface area contributed by atoms with E-state index in [1.54, 1.807) is 0 Å². The molecule has 2 unspecified atom stereocenters. The summed E-state index contributed by atoms with van der Waals surface area (Å²) in [5.74, 6) is 1.20. The number of nitrogens with one attached hydrogen (secondary N) is 1. The lowest BCUT2D eigenvalue weighted by Gasteiger charge is -2.22. The normalized spacial score (nSPS) is 14.3. The van der Waals surface area contributed by atoms with Crippen LogP contribution in [0.3, 0.4) is 0 Å². The quantitative estimate of drug-likeness (QED) is 0.814. The first-order valence-corrected chi connectivity index (χ1v) is 6.30. The Bertz CT molecular complexity index is 351. The molecule has 92 valence electrons. The number of benzene rings is 1. The molecular weight excluding hydrogens is 208 g/mol. The van der Waals surface area contributed by atoms with E-state index >= 15 is 0 Å². The van der Waals surface area contributed by atoms with Gasteiger partial charge in [0.15, 0.2) is 0 Å². The zero-order valence-corrected chi connectivity index (χ0v) is 11.0. The maximum Gasteiger partial charge on any atom is 0.0666 e. The van der Waals surface area contributed by atoms with Gasteiger partial charge in [-0.2, -0.15) is 5.26 Å². The molecule has 1 aromatic rings. The summed E-state index contributed by atoms with van der Waals surface area (Å²) in [7, 11) is 0. The Kier molecular flexibility index (Phi) is 5.72. The molecule has 1 N–H and O–H groups in total. The van der Waals surface area contributed by atoms with Gasteiger partial charge < -0.3 is 5.32 Å². The van der Waals surface area contributed by atoms with E-state index in [0.717, 1.165) is 13.1 Å². The molecule has 0 radical (unpaired) electrons. The van der Waals surface area contributed by atoms with Crippen LogP contribution in [0.2, 0.25) is 0 Å². The molecule has 0 aliphatic carbocycles. The Morgan fingerprint density at radius 3 is 2.29 bits per heavy atom. The number of rotatable bonds is 6. The van der Waals surface area contributed by atoms with Gasteiger partial charge in [-0.05, 0) is 24.3 Å². The third-order valence-corrected chi connectivity index (χ3v) is 3.07. The highest BCUT2D eigenvalue weighted by atomic mass is 14.9. The smallest absolute Gasteiger partial charge is 0.0666 e. The van der Waals surface area contributed by atoms with Gasteiger partial charge in [-0.25, -0.2) is 0 Å². The van der Waals surface area contributed by atoms with Crippen LogP contribution in [-0.4, -0.2) is 13.1 Å². The molecule has 0 fully saturated rings. The Labute approximate surface area is 105 Å². The second kappa shape index (κ2) is 7.09. The van der Waals surface area contributed by atoms with E-state index in [9.17, 15) is 0 Å². The molecule has 0 aromatic heterocycles. The lowest BCUT2D eigenvalue weighted by molar-refractivity contribution is 0.452. The first-order valence-electron chi connectivity index (χ1n) is 6.30. The van der Waals surface area contributed by atoms with Crippen molar-refractivity contribution in [3.8, 4) is 6.07 Å². The summed E-state index contributed by atoms with van der Waals surface area (Å²) in [4.78, 5) is 0. The molecule has 2 nitrogen and oxygen atoms in total. The number of hydrogen-bond donors (Lipinski definition) is 1. The van der Waals surface area contributed by atoms with E-state index in [2.05, 4.69) is 49.5 Å². The van der Waals surface area contributed by atoms with Crippen LogP contribution in [0.25, 0.3) is 0 Å². The molecule has 0 amide bonds. The van der Waals surface area contributed by atoms with Gasteiger partial charge >= 0.3 is 0 Å². The average Bonchev–Trinajstić information content (AvgIpc) is 2.34. The van der Waals surface area contributed by atoms with E-state index in [0.29, 0.717) is 11.8 Å². The fraction of sp³-hybridized carbons (Fsp3) is 0.533. The van der Waals surface area contributed by atoms with Crippen molar-refractivity contribution in [3.05, 3.63) is 35.9 Å². The predicted molar refractivity (Wildman–Crippen MR) is 71.7 cm³/mol. The van der Waals surface area contributed by atoms with Crippen LogP contribution in [0, 0.1) is 23.2 Å². The van der Waals surface area contributed by atoms with E-state index < -0.39 is 0 Å². The zero-order chi connectivity index (χ0) is 12.7. The Hall–Kier alpha value is -1.33. The van der Waals surface area contributed by atoms with Crippen LogP contribution in [0.15, 0.2) is 30.3 Å². The topological polar surface area (TPSA) is 35.8 Å². The molecule has 0 aliphatic rings. The fourth-order valence-corrected chi connectivity index (χ4v) is 1.94. The molecule has 2 heteroatoms. The molecule has 1 aromatic carbocycles. The molecule has 0 spiro atoms. The molecule has 0 bridgehead atoms.